The lowest BCUT2D eigenvalue weighted by Gasteiger charge is -2.26. The first-order valence-electron chi connectivity index (χ1n) is 9.60. The topological polar surface area (TPSA) is 91.6 Å². The second kappa shape index (κ2) is 8.40. The van der Waals surface area contributed by atoms with Gasteiger partial charge in [-0.05, 0) is 47.0 Å². The van der Waals surface area contributed by atoms with Crippen LogP contribution in [0.15, 0.2) is 42.7 Å². The first kappa shape index (κ1) is 19.7. The van der Waals surface area contributed by atoms with Crippen LogP contribution in [0.3, 0.4) is 0 Å². The highest BCUT2D eigenvalue weighted by atomic mass is 16.5. The van der Waals surface area contributed by atoms with Gasteiger partial charge in [-0.2, -0.15) is 4.68 Å². The van der Waals surface area contributed by atoms with Gasteiger partial charge in [-0.15, -0.1) is 5.10 Å². The highest BCUT2D eigenvalue weighted by molar-refractivity contribution is 5.99. The molecule has 0 bridgehead atoms. The summed E-state index contributed by atoms with van der Waals surface area (Å²) in [6.07, 6.45) is 3.25. The van der Waals surface area contributed by atoms with Gasteiger partial charge in [0.15, 0.2) is 11.5 Å². The van der Waals surface area contributed by atoms with Gasteiger partial charge in [-0.1, -0.05) is 12.1 Å². The van der Waals surface area contributed by atoms with E-state index in [1.54, 1.807) is 26.4 Å². The predicted molar refractivity (Wildman–Crippen MR) is 108 cm³/mol. The van der Waals surface area contributed by atoms with Crippen LogP contribution < -0.4 is 14.2 Å². The van der Waals surface area contributed by atoms with Gasteiger partial charge in [0.2, 0.25) is 0 Å². The summed E-state index contributed by atoms with van der Waals surface area (Å²) in [7, 11) is 4.72. The lowest BCUT2D eigenvalue weighted by Crippen LogP contribution is -2.31. The van der Waals surface area contributed by atoms with Crippen molar-refractivity contribution in [2.75, 3.05) is 27.9 Å². The summed E-state index contributed by atoms with van der Waals surface area (Å²) < 4.78 is 17.6. The lowest BCUT2D eigenvalue weighted by molar-refractivity contribution is 0.0735. The Labute approximate surface area is 174 Å². The summed E-state index contributed by atoms with van der Waals surface area (Å²) in [5.74, 6) is 1.61. The standard InChI is InChI=1S/C21H23N5O4/c1-28-15-7-4-6-14(10-15)17-8-5-9-25(17)21(27)16-11-19(29-2)20(30-3)12-18(16)26-13-22-23-24-26/h4,6-7,10-13,17H,5,8-9H2,1-3H3. The first-order chi connectivity index (χ1) is 14.7. The summed E-state index contributed by atoms with van der Waals surface area (Å²) in [5, 5.41) is 11.4. The molecule has 2 aromatic carbocycles. The van der Waals surface area contributed by atoms with Gasteiger partial charge in [0.25, 0.3) is 5.91 Å². The summed E-state index contributed by atoms with van der Waals surface area (Å²) in [4.78, 5) is 15.6. The molecule has 0 radical (unpaired) electrons. The number of benzene rings is 2. The van der Waals surface area contributed by atoms with Crippen LogP contribution >= 0.6 is 0 Å². The number of amides is 1. The van der Waals surface area contributed by atoms with Crippen LogP contribution in [0, 0.1) is 0 Å². The van der Waals surface area contributed by atoms with Gasteiger partial charge in [0, 0.05) is 12.6 Å². The van der Waals surface area contributed by atoms with E-state index in [4.69, 9.17) is 14.2 Å². The molecule has 0 saturated carbocycles. The SMILES string of the molecule is COc1cccc(C2CCCN2C(=O)c2cc(OC)c(OC)cc2-n2cnnn2)c1. The minimum Gasteiger partial charge on any atom is -0.497 e. The van der Waals surface area contributed by atoms with Crippen LogP contribution in [0.25, 0.3) is 5.69 Å². The molecule has 4 rings (SSSR count). The minimum absolute atomic E-state index is 0.0394. The first-order valence-corrected chi connectivity index (χ1v) is 9.60. The smallest absolute Gasteiger partial charge is 0.256 e. The van der Waals surface area contributed by atoms with E-state index in [0.717, 1.165) is 24.2 Å². The van der Waals surface area contributed by atoms with E-state index in [1.807, 2.05) is 29.2 Å². The zero-order chi connectivity index (χ0) is 21.1. The molecule has 1 atom stereocenters. The average molecular weight is 409 g/mol. The van der Waals surface area contributed by atoms with Crippen molar-refractivity contribution >= 4 is 5.91 Å². The van der Waals surface area contributed by atoms with Gasteiger partial charge >= 0.3 is 0 Å². The molecule has 1 aromatic heterocycles. The normalized spacial score (nSPS) is 15.8. The van der Waals surface area contributed by atoms with E-state index in [-0.39, 0.29) is 11.9 Å². The molecule has 1 aliphatic heterocycles. The number of nitrogens with zero attached hydrogens (tertiary/aromatic N) is 5. The third kappa shape index (κ3) is 3.54. The molecule has 0 aliphatic carbocycles. The maximum absolute atomic E-state index is 13.7. The Morgan fingerprint density at radius 3 is 2.57 bits per heavy atom. The van der Waals surface area contributed by atoms with Gasteiger partial charge < -0.3 is 19.1 Å². The molecule has 1 aliphatic rings. The highest BCUT2D eigenvalue weighted by Gasteiger charge is 2.33. The summed E-state index contributed by atoms with van der Waals surface area (Å²) in [5.41, 5.74) is 2.01. The van der Waals surface area contributed by atoms with E-state index in [9.17, 15) is 4.79 Å². The van der Waals surface area contributed by atoms with Crippen molar-refractivity contribution in [3.05, 3.63) is 53.9 Å². The van der Waals surface area contributed by atoms with Gasteiger partial charge in [-0.25, -0.2) is 0 Å². The molecular weight excluding hydrogens is 386 g/mol. The number of carbonyl (C=O) groups excluding carboxylic acids is 1. The molecule has 2 heterocycles. The Morgan fingerprint density at radius 2 is 1.87 bits per heavy atom. The molecule has 1 fully saturated rings. The van der Waals surface area contributed by atoms with E-state index in [2.05, 4.69) is 15.5 Å². The van der Waals surface area contributed by atoms with E-state index < -0.39 is 0 Å². The maximum atomic E-state index is 13.7. The fourth-order valence-electron chi connectivity index (χ4n) is 3.86. The van der Waals surface area contributed by atoms with Crippen molar-refractivity contribution in [1.82, 2.24) is 25.1 Å². The molecule has 9 nitrogen and oxygen atoms in total. The van der Waals surface area contributed by atoms with E-state index >= 15 is 0 Å². The molecular formula is C21H23N5O4. The van der Waals surface area contributed by atoms with Crippen molar-refractivity contribution in [2.45, 2.75) is 18.9 Å². The number of carbonyl (C=O) groups is 1. The van der Waals surface area contributed by atoms with Crippen LogP contribution in [0.4, 0.5) is 0 Å². The average Bonchev–Trinajstić information content (AvgIpc) is 3.50. The Balaban J connectivity index is 1.76. The molecule has 1 saturated heterocycles. The largest absolute Gasteiger partial charge is 0.497 e. The second-order valence-electron chi connectivity index (χ2n) is 6.91. The Kier molecular flexibility index (Phi) is 5.51. The number of likely N-dealkylation sites (tertiary alicyclic amines) is 1. The number of tetrazole rings is 1. The maximum Gasteiger partial charge on any atom is 0.256 e. The summed E-state index contributed by atoms with van der Waals surface area (Å²) in [6, 6.07) is 11.2. The lowest BCUT2D eigenvalue weighted by atomic mass is 10.0. The number of hydrogen-bond acceptors (Lipinski definition) is 7. The monoisotopic (exact) mass is 409 g/mol. The van der Waals surface area contributed by atoms with Crippen molar-refractivity contribution < 1.29 is 19.0 Å². The minimum atomic E-state index is -0.119. The van der Waals surface area contributed by atoms with Crippen molar-refractivity contribution in [3.63, 3.8) is 0 Å². The van der Waals surface area contributed by atoms with Crippen LogP contribution in [-0.2, 0) is 0 Å². The Hall–Kier alpha value is -3.62. The van der Waals surface area contributed by atoms with Gasteiger partial charge in [0.1, 0.15) is 12.1 Å². The van der Waals surface area contributed by atoms with Crippen molar-refractivity contribution in [2.24, 2.45) is 0 Å². The van der Waals surface area contributed by atoms with Crippen LogP contribution in [0.5, 0.6) is 17.2 Å². The van der Waals surface area contributed by atoms with Crippen LogP contribution in [-0.4, -0.2) is 58.9 Å². The molecule has 156 valence electrons. The molecule has 3 aromatic rings. The van der Waals surface area contributed by atoms with Crippen LogP contribution in [0.2, 0.25) is 0 Å². The molecule has 1 unspecified atom stereocenters. The number of aromatic nitrogens is 4. The predicted octanol–water partition coefficient (Wildman–Crippen LogP) is 2.67. The number of methoxy groups -OCH3 is 3. The van der Waals surface area contributed by atoms with Crippen molar-refractivity contribution in [1.29, 1.82) is 0 Å². The molecule has 30 heavy (non-hydrogen) atoms. The fraction of sp³-hybridized carbons (Fsp3) is 0.333. The van der Waals surface area contributed by atoms with Gasteiger partial charge in [-0.3, -0.25) is 4.79 Å². The molecule has 0 spiro atoms. The summed E-state index contributed by atoms with van der Waals surface area (Å²) >= 11 is 0. The van der Waals surface area contributed by atoms with E-state index in [1.165, 1.54) is 18.1 Å². The third-order valence-electron chi connectivity index (χ3n) is 5.32. The number of hydrogen-bond donors (Lipinski definition) is 0. The zero-order valence-electron chi connectivity index (χ0n) is 17.1. The Bertz CT molecular complexity index is 1040. The number of ether oxygens (including phenoxy) is 3. The van der Waals surface area contributed by atoms with Crippen molar-refractivity contribution in [3.8, 4) is 22.9 Å². The van der Waals surface area contributed by atoms with E-state index in [0.29, 0.717) is 29.3 Å². The second-order valence-corrected chi connectivity index (χ2v) is 6.91. The summed E-state index contributed by atoms with van der Waals surface area (Å²) in [6.45, 7) is 0.657. The zero-order valence-corrected chi connectivity index (χ0v) is 17.1. The third-order valence-corrected chi connectivity index (χ3v) is 5.32. The molecule has 0 N–H and O–H groups in total. The highest BCUT2D eigenvalue weighted by Crippen LogP contribution is 2.38. The fourth-order valence-corrected chi connectivity index (χ4v) is 3.86. The molecule has 1 amide bonds. The van der Waals surface area contributed by atoms with Crippen LogP contribution in [0.1, 0.15) is 34.8 Å². The number of rotatable bonds is 6. The molecule has 9 heteroatoms. The Morgan fingerprint density at radius 1 is 1.07 bits per heavy atom. The quantitative estimate of drug-likeness (QED) is 0.618. The van der Waals surface area contributed by atoms with Gasteiger partial charge in [0.05, 0.1) is 38.6 Å².